The van der Waals surface area contributed by atoms with Gasteiger partial charge in [0.1, 0.15) is 5.75 Å². The fraction of sp³-hybridized carbons (Fsp3) is 0.409. The van der Waals surface area contributed by atoms with Crippen LogP contribution in [0, 0.1) is 13.8 Å². The predicted molar refractivity (Wildman–Crippen MR) is 115 cm³/mol. The number of ether oxygens (including phenoxy) is 1. The standard InChI is InChI=1S/C22H26ClNO4S/c1-15-8-9-20(12-16(15)2)28-17(3)22(25)24(19-10-11-29(26,27)14-19)13-18-6-4-5-7-21(18)23/h4-9,12,17,19H,10-11,13-14H2,1-3H3. The van der Waals surface area contributed by atoms with Crippen LogP contribution in [0.2, 0.25) is 5.02 Å². The van der Waals surface area contributed by atoms with E-state index in [-0.39, 0.29) is 30.0 Å². The van der Waals surface area contributed by atoms with Crippen LogP contribution >= 0.6 is 11.6 Å². The lowest BCUT2D eigenvalue weighted by Gasteiger charge is -2.31. The number of carbonyl (C=O) groups excluding carboxylic acids is 1. The average molecular weight is 436 g/mol. The van der Waals surface area contributed by atoms with Gasteiger partial charge in [-0.05, 0) is 62.1 Å². The number of hydrogen-bond acceptors (Lipinski definition) is 4. The quantitative estimate of drug-likeness (QED) is 0.689. The van der Waals surface area contributed by atoms with Crippen LogP contribution in [0.4, 0.5) is 0 Å². The summed E-state index contributed by atoms with van der Waals surface area (Å²) in [6.45, 7) is 5.95. The van der Waals surface area contributed by atoms with Crippen LogP contribution in [0.25, 0.3) is 0 Å². The Morgan fingerprint density at radius 1 is 1.21 bits per heavy atom. The van der Waals surface area contributed by atoms with E-state index < -0.39 is 15.9 Å². The Morgan fingerprint density at radius 2 is 1.93 bits per heavy atom. The maximum atomic E-state index is 13.3. The van der Waals surface area contributed by atoms with E-state index >= 15 is 0 Å². The van der Waals surface area contributed by atoms with Crippen molar-refractivity contribution >= 4 is 27.3 Å². The second-order valence-electron chi connectivity index (χ2n) is 7.62. The molecule has 0 saturated carbocycles. The number of benzene rings is 2. The molecular formula is C22H26ClNO4S. The van der Waals surface area contributed by atoms with Gasteiger partial charge < -0.3 is 9.64 Å². The van der Waals surface area contributed by atoms with Crippen molar-refractivity contribution in [3.8, 4) is 5.75 Å². The van der Waals surface area contributed by atoms with E-state index in [9.17, 15) is 13.2 Å². The Kier molecular flexibility index (Phi) is 6.54. The molecule has 29 heavy (non-hydrogen) atoms. The highest BCUT2D eigenvalue weighted by molar-refractivity contribution is 7.91. The highest BCUT2D eigenvalue weighted by Gasteiger charge is 2.36. The van der Waals surface area contributed by atoms with Gasteiger partial charge in [0, 0.05) is 17.6 Å². The summed E-state index contributed by atoms with van der Waals surface area (Å²) in [6, 6.07) is 12.6. The summed E-state index contributed by atoms with van der Waals surface area (Å²) in [4.78, 5) is 14.9. The smallest absolute Gasteiger partial charge is 0.263 e. The Labute approximate surface area is 177 Å². The lowest BCUT2D eigenvalue weighted by atomic mass is 10.1. The minimum atomic E-state index is -3.14. The number of halogens is 1. The first-order chi connectivity index (χ1) is 13.7. The molecule has 0 aliphatic carbocycles. The van der Waals surface area contributed by atoms with E-state index in [1.807, 2.05) is 50.2 Å². The molecule has 2 unspecified atom stereocenters. The number of rotatable bonds is 6. The van der Waals surface area contributed by atoms with E-state index in [4.69, 9.17) is 16.3 Å². The average Bonchev–Trinajstić information content (AvgIpc) is 3.03. The summed E-state index contributed by atoms with van der Waals surface area (Å²) in [6.07, 6.45) is -0.322. The van der Waals surface area contributed by atoms with E-state index in [1.165, 1.54) is 0 Å². The molecule has 156 valence electrons. The summed E-state index contributed by atoms with van der Waals surface area (Å²) in [5.74, 6) is 0.437. The van der Waals surface area contributed by atoms with Gasteiger partial charge in [0.25, 0.3) is 5.91 Å². The molecular weight excluding hydrogens is 410 g/mol. The number of sulfone groups is 1. The number of amides is 1. The molecule has 3 rings (SSSR count). The van der Waals surface area contributed by atoms with Gasteiger partial charge in [0.05, 0.1) is 11.5 Å². The molecule has 1 aliphatic heterocycles. The molecule has 1 aliphatic rings. The van der Waals surface area contributed by atoms with Crippen LogP contribution in [0.15, 0.2) is 42.5 Å². The fourth-order valence-electron chi connectivity index (χ4n) is 3.49. The molecule has 2 aromatic rings. The number of nitrogens with zero attached hydrogens (tertiary/aromatic N) is 1. The largest absolute Gasteiger partial charge is 0.481 e. The molecule has 2 aromatic carbocycles. The molecule has 0 spiro atoms. The van der Waals surface area contributed by atoms with Crippen LogP contribution in [0.3, 0.4) is 0 Å². The summed E-state index contributed by atoms with van der Waals surface area (Å²) in [5.41, 5.74) is 3.01. The minimum Gasteiger partial charge on any atom is -0.481 e. The monoisotopic (exact) mass is 435 g/mol. The molecule has 7 heteroatoms. The predicted octanol–water partition coefficient (Wildman–Crippen LogP) is 3.94. The molecule has 5 nitrogen and oxygen atoms in total. The van der Waals surface area contributed by atoms with Crippen molar-refractivity contribution in [3.05, 3.63) is 64.2 Å². The van der Waals surface area contributed by atoms with E-state index in [0.29, 0.717) is 17.2 Å². The van der Waals surface area contributed by atoms with Crippen molar-refractivity contribution in [2.75, 3.05) is 11.5 Å². The van der Waals surface area contributed by atoms with Crippen molar-refractivity contribution in [2.45, 2.75) is 45.9 Å². The van der Waals surface area contributed by atoms with Crippen molar-refractivity contribution in [1.82, 2.24) is 4.90 Å². The highest BCUT2D eigenvalue weighted by atomic mass is 35.5. The third-order valence-electron chi connectivity index (χ3n) is 5.37. The van der Waals surface area contributed by atoms with Gasteiger partial charge in [0.2, 0.25) is 0 Å². The number of aryl methyl sites for hydroxylation is 2. The van der Waals surface area contributed by atoms with Crippen molar-refractivity contribution in [3.63, 3.8) is 0 Å². The lowest BCUT2D eigenvalue weighted by molar-refractivity contribution is -0.140. The normalized spacial score (nSPS) is 19.0. The maximum absolute atomic E-state index is 13.3. The Bertz CT molecular complexity index is 1010. The second-order valence-corrected chi connectivity index (χ2v) is 10.3. The zero-order valence-corrected chi connectivity index (χ0v) is 18.5. The number of hydrogen-bond donors (Lipinski definition) is 0. The Balaban J connectivity index is 1.82. The van der Waals surface area contributed by atoms with Crippen LogP contribution < -0.4 is 4.74 Å². The topological polar surface area (TPSA) is 63.7 Å². The fourth-order valence-corrected chi connectivity index (χ4v) is 5.42. The van der Waals surface area contributed by atoms with Crippen molar-refractivity contribution < 1.29 is 17.9 Å². The van der Waals surface area contributed by atoms with Crippen LogP contribution in [0.1, 0.15) is 30.0 Å². The van der Waals surface area contributed by atoms with Crippen LogP contribution in [-0.4, -0.2) is 42.9 Å². The van der Waals surface area contributed by atoms with Crippen molar-refractivity contribution in [1.29, 1.82) is 0 Å². The van der Waals surface area contributed by atoms with Crippen LogP contribution in [-0.2, 0) is 21.2 Å². The molecule has 0 bridgehead atoms. The lowest BCUT2D eigenvalue weighted by Crippen LogP contribution is -2.46. The molecule has 1 saturated heterocycles. The third kappa shape index (κ3) is 5.31. The molecule has 1 amide bonds. The zero-order chi connectivity index (χ0) is 21.2. The SMILES string of the molecule is Cc1ccc(OC(C)C(=O)N(Cc2ccccc2Cl)C2CCS(=O)(=O)C2)cc1C. The first-order valence-electron chi connectivity index (χ1n) is 9.64. The Morgan fingerprint density at radius 3 is 2.55 bits per heavy atom. The van der Waals surface area contributed by atoms with Gasteiger partial charge in [-0.1, -0.05) is 35.9 Å². The minimum absolute atomic E-state index is 0.0282. The van der Waals surface area contributed by atoms with Gasteiger partial charge >= 0.3 is 0 Å². The van der Waals surface area contributed by atoms with Crippen molar-refractivity contribution in [2.24, 2.45) is 0 Å². The zero-order valence-electron chi connectivity index (χ0n) is 16.9. The molecule has 0 radical (unpaired) electrons. The molecule has 2 atom stereocenters. The summed E-state index contributed by atoms with van der Waals surface area (Å²) >= 11 is 6.29. The molecule has 0 N–H and O–H groups in total. The van der Waals surface area contributed by atoms with Gasteiger partial charge in [-0.25, -0.2) is 8.42 Å². The van der Waals surface area contributed by atoms with E-state index in [1.54, 1.807) is 17.9 Å². The first kappa shape index (κ1) is 21.7. The molecule has 1 heterocycles. The van der Waals surface area contributed by atoms with Gasteiger partial charge in [-0.2, -0.15) is 0 Å². The maximum Gasteiger partial charge on any atom is 0.263 e. The molecule has 0 aromatic heterocycles. The molecule has 1 fully saturated rings. The summed E-state index contributed by atoms with van der Waals surface area (Å²) in [7, 11) is -3.14. The third-order valence-corrected chi connectivity index (χ3v) is 7.49. The summed E-state index contributed by atoms with van der Waals surface area (Å²) < 4.78 is 29.9. The van der Waals surface area contributed by atoms with Gasteiger partial charge in [-0.15, -0.1) is 0 Å². The van der Waals surface area contributed by atoms with Crippen LogP contribution in [0.5, 0.6) is 5.75 Å². The number of carbonyl (C=O) groups is 1. The van der Waals surface area contributed by atoms with E-state index in [0.717, 1.165) is 16.7 Å². The van der Waals surface area contributed by atoms with Gasteiger partial charge in [-0.3, -0.25) is 4.79 Å². The second kappa shape index (κ2) is 8.76. The van der Waals surface area contributed by atoms with E-state index in [2.05, 4.69) is 0 Å². The Hall–Kier alpha value is -2.05. The van der Waals surface area contributed by atoms with Gasteiger partial charge in [0.15, 0.2) is 15.9 Å². The summed E-state index contributed by atoms with van der Waals surface area (Å²) in [5, 5.41) is 0.550. The highest BCUT2D eigenvalue weighted by Crippen LogP contribution is 2.25. The first-order valence-corrected chi connectivity index (χ1v) is 11.8.